The first-order valence-corrected chi connectivity index (χ1v) is 6.63. The number of rotatable bonds is 4. The van der Waals surface area contributed by atoms with Crippen LogP contribution in [0.1, 0.15) is 44.8 Å². The molecule has 1 unspecified atom stereocenters. The average molecular weight is 249 g/mol. The average Bonchev–Trinajstić information content (AvgIpc) is 2.41. The molecule has 3 N–H and O–H groups in total. The summed E-state index contributed by atoms with van der Waals surface area (Å²) in [6.07, 6.45) is 9.05. The number of hydrogen-bond acceptors (Lipinski definition) is 5. The Morgan fingerprint density at radius 3 is 2.56 bits per heavy atom. The van der Waals surface area contributed by atoms with E-state index < -0.39 is 0 Å². The second kappa shape index (κ2) is 5.73. The topological polar surface area (TPSA) is 67.1 Å². The van der Waals surface area contributed by atoms with Crippen LogP contribution in [0.5, 0.6) is 0 Å². The van der Waals surface area contributed by atoms with Crippen molar-refractivity contribution in [3.05, 3.63) is 24.3 Å². The number of piperidine rings is 1. The molecule has 2 rings (SSSR count). The molecule has 0 radical (unpaired) electrons. The van der Waals surface area contributed by atoms with E-state index in [2.05, 4.69) is 34.1 Å². The van der Waals surface area contributed by atoms with E-state index in [-0.39, 0.29) is 11.6 Å². The van der Waals surface area contributed by atoms with Gasteiger partial charge in [0.1, 0.15) is 0 Å². The molecule has 1 atom stereocenters. The third kappa shape index (κ3) is 2.68. The van der Waals surface area contributed by atoms with Gasteiger partial charge in [0.2, 0.25) is 0 Å². The fourth-order valence-electron chi connectivity index (χ4n) is 2.76. The Morgan fingerprint density at radius 1 is 1.28 bits per heavy atom. The molecule has 0 spiro atoms. The molecule has 0 aliphatic carbocycles. The highest BCUT2D eigenvalue weighted by Gasteiger charge is 2.37. The Balaban J connectivity index is 2.19. The van der Waals surface area contributed by atoms with E-state index in [1.165, 1.54) is 19.3 Å². The quantitative estimate of drug-likeness (QED) is 0.621. The second-order valence-electron chi connectivity index (χ2n) is 5.43. The van der Waals surface area contributed by atoms with E-state index in [1.807, 2.05) is 0 Å². The van der Waals surface area contributed by atoms with Gasteiger partial charge in [-0.3, -0.25) is 20.7 Å². The highest BCUT2D eigenvalue weighted by Crippen LogP contribution is 2.31. The van der Waals surface area contributed by atoms with Crippen molar-refractivity contribution < 1.29 is 0 Å². The molecule has 0 amide bonds. The van der Waals surface area contributed by atoms with Crippen molar-refractivity contribution in [2.75, 3.05) is 13.1 Å². The zero-order valence-electron chi connectivity index (χ0n) is 11.3. The molecule has 0 bridgehead atoms. The van der Waals surface area contributed by atoms with Crippen LogP contribution in [-0.4, -0.2) is 33.5 Å². The SMILES string of the molecule is CC(C)(C(NN)c1cnccn1)N1CCCCC1. The second-order valence-corrected chi connectivity index (χ2v) is 5.43. The molecule has 5 heteroatoms. The van der Waals surface area contributed by atoms with Gasteiger partial charge in [0.25, 0.3) is 0 Å². The normalized spacial score (nSPS) is 19.7. The number of nitrogens with zero attached hydrogens (tertiary/aromatic N) is 3. The molecule has 1 aliphatic heterocycles. The summed E-state index contributed by atoms with van der Waals surface area (Å²) in [6.45, 7) is 6.70. The number of nitrogens with one attached hydrogen (secondary N) is 1. The number of hydrogen-bond donors (Lipinski definition) is 2. The number of likely N-dealkylation sites (tertiary alicyclic amines) is 1. The van der Waals surface area contributed by atoms with Gasteiger partial charge in [-0.25, -0.2) is 5.43 Å². The molecule has 0 aromatic carbocycles. The fraction of sp³-hybridized carbons (Fsp3) is 0.692. The molecule has 5 nitrogen and oxygen atoms in total. The first-order chi connectivity index (χ1) is 8.66. The maximum Gasteiger partial charge on any atom is 0.0825 e. The highest BCUT2D eigenvalue weighted by atomic mass is 15.3. The minimum absolute atomic E-state index is 0.00991. The Hall–Kier alpha value is -1.04. The molecule has 18 heavy (non-hydrogen) atoms. The van der Waals surface area contributed by atoms with Crippen molar-refractivity contribution in [3.63, 3.8) is 0 Å². The van der Waals surface area contributed by atoms with Crippen LogP contribution < -0.4 is 11.3 Å². The van der Waals surface area contributed by atoms with Gasteiger partial charge < -0.3 is 0 Å². The van der Waals surface area contributed by atoms with Crippen molar-refractivity contribution >= 4 is 0 Å². The number of hydrazine groups is 1. The van der Waals surface area contributed by atoms with Gasteiger partial charge in [0.05, 0.1) is 17.9 Å². The highest BCUT2D eigenvalue weighted by molar-refractivity contribution is 5.10. The molecule has 1 saturated heterocycles. The lowest BCUT2D eigenvalue weighted by Gasteiger charge is -2.45. The molecule has 1 aromatic rings. The van der Waals surface area contributed by atoms with Crippen LogP contribution >= 0.6 is 0 Å². The zero-order valence-corrected chi connectivity index (χ0v) is 11.3. The number of aromatic nitrogens is 2. The molecule has 1 aliphatic rings. The van der Waals surface area contributed by atoms with Crippen molar-refractivity contribution in [1.29, 1.82) is 0 Å². The van der Waals surface area contributed by atoms with Crippen LogP contribution in [0, 0.1) is 0 Å². The van der Waals surface area contributed by atoms with Crippen LogP contribution in [-0.2, 0) is 0 Å². The smallest absolute Gasteiger partial charge is 0.0825 e. The van der Waals surface area contributed by atoms with Crippen LogP contribution in [0.3, 0.4) is 0 Å². The van der Waals surface area contributed by atoms with E-state index in [1.54, 1.807) is 18.6 Å². The lowest BCUT2D eigenvalue weighted by Crippen LogP contribution is -2.55. The summed E-state index contributed by atoms with van der Waals surface area (Å²) < 4.78 is 0. The van der Waals surface area contributed by atoms with E-state index in [4.69, 9.17) is 5.84 Å². The summed E-state index contributed by atoms with van der Waals surface area (Å²) in [6, 6.07) is -0.00991. The largest absolute Gasteiger partial charge is 0.296 e. The van der Waals surface area contributed by atoms with E-state index in [9.17, 15) is 0 Å². The summed E-state index contributed by atoms with van der Waals surface area (Å²) >= 11 is 0. The fourth-order valence-corrected chi connectivity index (χ4v) is 2.76. The number of nitrogens with two attached hydrogens (primary N) is 1. The van der Waals surface area contributed by atoms with E-state index in [0.717, 1.165) is 18.8 Å². The third-order valence-corrected chi connectivity index (χ3v) is 3.92. The summed E-state index contributed by atoms with van der Waals surface area (Å²) in [5.74, 6) is 5.75. The van der Waals surface area contributed by atoms with Crippen molar-refractivity contribution in [1.82, 2.24) is 20.3 Å². The minimum Gasteiger partial charge on any atom is -0.296 e. The first-order valence-electron chi connectivity index (χ1n) is 6.63. The minimum atomic E-state index is -0.0643. The summed E-state index contributed by atoms with van der Waals surface area (Å²) in [5, 5.41) is 0. The zero-order chi connectivity index (χ0) is 13.0. The molecule has 1 aromatic heterocycles. The molecule has 1 fully saturated rings. The Morgan fingerprint density at radius 2 is 2.00 bits per heavy atom. The lowest BCUT2D eigenvalue weighted by molar-refractivity contribution is 0.0593. The van der Waals surface area contributed by atoms with Gasteiger partial charge in [-0.1, -0.05) is 6.42 Å². The Labute approximate surface area is 109 Å². The van der Waals surface area contributed by atoms with Crippen LogP contribution in [0.4, 0.5) is 0 Å². The van der Waals surface area contributed by atoms with Gasteiger partial charge in [-0.2, -0.15) is 0 Å². The van der Waals surface area contributed by atoms with Crippen LogP contribution in [0.25, 0.3) is 0 Å². The molecule has 2 heterocycles. The Bertz CT molecular complexity index is 359. The van der Waals surface area contributed by atoms with Crippen LogP contribution in [0.2, 0.25) is 0 Å². The van der Waals surface area contributed by atoms with E-state index >= 15 is 0 Å². The maximum atomic E-state index is 5.75. The predicted molar refractivity (Wildman–Crippen MR) is 71.6 cm³/mol. The molecular formula is C13H23N5. The van der Waals surface area contributed by atoms with Gasteiger partial charge >= 0.3 is 0 Å². The first kappa shape index (κ1) is 13.4. The molecular weight excluding hydrogens is 226 g/mol. The van der Waals surface area contributed by atoms with Gasteiger partial charge in [-0.05, 0) is 39.8 Å². The summed E-state index contributed by atoms with van der Waals surface area (Å²) in [5.41, 5.74) is 3.75. The predicted octanol–water partition coefficient (Wildman–Crippen LogP) is 1.25. The van der Waals surface area contributed by atoms with Crippen molar-refractivity contribution in [2.45, 2.75) is 44.7 Å². The maximum absolute atomic E-state index is 5.75. The Kier molecular flexibility index (Phi) is 4.27. The van der Waals surface area contributed by atoms with Crippen molar-refractivity contribution in [3.8, 4) is 0 Å². The summed E-state index contributed by atoms with van der Waals surface area (Å²) in [7, 11) is 0. The monoisotopic (exact) mass is 249 g/mol. The lowest BCUT2D eigenvalue weighted by atomic mass is 9.88. The van der Waals surface area contributed by atoms with E-state index in [0.29, 0.717) is 0 Å². The molecule has 0 saturated carbocycles. The van der Waals surface area contributed by atoms with Gasteiger partial charge in [-0.15, -0.1) is 0 Å². The third-order valence-electron chi connectivity index (χ3n) is 3.92. The van der Waals surface area contributed by atoms with Gasteiger partial charge in [0.15, 0.2) is 0 Å². The summed E-state index contributed by atoms with van der Waals surface area (Å²) in [4.78, 5) is 11.0. The van der Waals surface area contributed by atoms with Crippen LogP contribution in [0.15, 0.2) is 18.6 Å². The molecule has 100 valence electrons. The standard InChI is InChI=1S/C13H23N5/c1-13(2,18-8-4-3-5-9-18)12(17-14)11-10-15-6-7-16-11/h6-7,10,12,17H,3-5,8-9,14H2,1-2H3. The van der Waals surface area contributed by atoms with Crippen molar-refractivity contribution in [2.24, 2.45) is 5.84 Å². The van der Waals surface area contributed by atoms with Gasteiger partial charge in [0, 0.05) is 17.9 Å².